The molecule has 80 valence electrons. The number of benzene rings is 1. The number of aliphatic hydroxyl groups excluding tert-OH is 1. The number of aryl methyl sites for hydroxylation is 1. The molecule has 0 saturated carbocycles. The smallest absolute Gasteiger partial charge is 0.0434 e. The molecular formula is C13H15ClO. The second-order valence-electron chi connectivity index (χ2n) is 3.26. The molecule has 0 heterocycles. The minimum atomic E-state index is 0.247. The van der Waals surface area contributed by atoms with Crippen LogP contribution in [-0.2, 0) is 6.42 Å². The van der Waals surface area contributed by atoms with Gasteiger partial charge in [-0.3, -0.25) is 0 Å². The van der Waals surface area contributed by atoms with E-state index in [0.717, 1.165) is 24.8 Å². The van der Waals surface area contributed by atoms with E-state index in [-0.39, 0.29) is 6.61 Å². The monoisotopic (exact) mass is 222 g/mol. The van der Waals surface area contributed by atoms with E-state index in [0.29, 0.717) is 5.88 Å². The zero-order chi connectivity index (χ0) is 10.9. The molecule has 0 aromatic heterocycles. The van der Waals surface area contributed by atoms with Gasteiger partial charge in [0.05, 0.1) is 0 Å². The highest BCUT2D eigenvalue weighted by Crippen LogP contribution is 2.05. The topological polar surface area (TPSA) is 20.2 Å². The third kappa shape index (κ3) is 4.88. The van der Waals surface area contributed by atoms with Gasteiger partial charge in [-0.15, -0.1) is 11.6 Å². The van der Waals surface area contributed by atoms with Crippen LogP contribution in [0.15, 0.2) is 24.3 Å². The van der Waals surface area contributed by atoms with Crippen molar-refractivity contribution in [3.05, 3.63) is 35.4 Å². The fourth-order valence-electron chi connectivity index (χ4n) is 1.25. The van der Waals surface area contributed by atoms with E-state index in [1.54, 1.807) is 0 Å². The maximum atomic E-state index is 8.69. The third-order valence-electron chi connectivity index (χ3n) is 2.03. The number of halogens is 1. The molecule has 0 unspecified atom stereocenters. The molecule has 1 N–H and O–H groups in total. The van der Waals surface area contributed by atoms with Crippen LogP contribution in [0.2, 0.25) is 0 Å². The zero-order valence-corrected chi connectivity index (χ0v) is 9.43. The van der Waals surface area contributed by atoms with E-state index < -0.39 is 0 Å². The summed E-state index contributed by atoms with van der Waals surface area (Å²) in [4.78, 5) is 0. The lowest BCUT2D eigenvalue weighted by atomic mass is 10.1. The van der Waals surface area contributed by atoms with Crippen molar-refractivity contribution in [2.45, 2.75) is 19.3 Å². The molecule has 1 aromatic rings. The predicted octanol–water partition coefficient (Wildman–Crippen LogP) is 2.59. The summed E-state index contributed by atoms with van der Waals surface area (Å²) in [6.07, 6.45) is 2.47. The molecule has 0 amide bonds. The average molecular weight is 223 g/mol. The molecule has 1 aromatic carbocycles. The highest BCUT2D eigenvalue weighted by Gasteiger charge is 1.92. The molecule has 0 aliphatic carbocycles. The van der Waals surface area contributed by atoms with Gasteiger partial charge >= 0.3 is 0 Å². The molecule has 0 spiro atoms. The Kier molecular flexibility index (Phi) is 5.92. The molecule has 0 atom stereocenters. The summed E-state index contributed by atoms with van der Waals surface area (Å²) in [7, 11) is 0. The van der Waals surface area contributed by atoms with Gasteiger partial charge in [0, 0.05) is 24.5 Å². The summed E-state index contributed by atoms with van der Waals surface area (Å²) in [6.45, 7) is 0.247. The quantitative estimate of drug-likeness (QED) is 0.613. The van der Waals surface area contributed by atoms with E-state index in [9.17, 15) is 0 Å². The fraction of sp³-hybridized carbons (Fsp3) is 0.385. The van der Waals surface area contributed by atoms with Crippen LogP contribution in [-0.4, -0.2) is 17.6 Å². The molecule has 0 aliphatic heterocycles. The van der Waals surface area contributed by atoms with Crippen molar-refractivity contribution in [1.82, 2.24) is 0 Å². The Labute approximate surface area is 96.1 Å². The van der Waals surface area contributed by atoms with Crippen LogP contribution in [0.1, 0.15) is 24.0 Å². The maximum Gasteiger partial charge on any atom is 0.0434 e. The predicted molar refractivity (Wildman–Crippen MR) is 64.1 cm³/mol. The molecule has 0 saturated heterocycles. The van der Waals surface area contributed by atoms with Gasteiger partial charge < -0.3 is 5.11 Å². The van der Waals surface area contributed by atoms with Crippen LogP contribution in [0.3, 0.4) is 0 Å². The van der Waals surface area contributed by atoms with Gasteiger partial charge in [-0.25, -0.2) is 0 Å². The first kappa shape index (κ1) is 12.1. The first-order valence-electron chi connectivity index (χ1n) is 5.11. The second kappa shape index (κ2) is 7.34. The van der Waals surface area contributed by atoms with Gasteiger partial charge in [0.15, 0.2) is 0 Å². The Morgan fingerprint density at radius 1 is 1.20 bits per heavy atom. The normalized spacial score (nSPS) is 9.47. The lowest BCUT2D eigenvalue weighted by Crippen LogP contribution is -1.89. The second-order valence-corrected chi connectivity index (χ2v) is 3.64. The Hall–Kier alpha value is -0.970. The Morgan fingerprint density at radius 2 is 1.93 bits per heavy atom. The molecule has 0 fully saturated rings. The van der Waals surface area contributed by atoms with Crippen molar-refractivity contribution in [2.75, 3.05) is 12.5 Å². The van der Waals surface area contributed by atoms with Gasteiger partial charge in [-0.05, 0) is 30.5 Å². The lowest BCUT2D eigenvalue weighted by Gasteiger charge is -1.98. The maximum absolute atomic E-state index is 8.69. The van der Waals surface area contributed by atoms with Crippen molar-refractivity contribution in [2.24, 2.45) is 0 Å². The number of hydrogen-bond donors (Lipinski definition) is 1. The molecule has 0 radical (unpaired) electrons. The van der Waals surface area contributed by atoms with Crippen LogP contribution < -0.4 is 0 Å². The number of hydrogen-bond acceptors (Lipinski definition) is 1. The fourth-order valence-corrected chi connectivity index (χ4v) is 1.34. The molecular weight excluding hydrogens is 208 g/mol. The van der Waals surface area contributed by atoms with E-state index in [1.807, 2.05) is 12.1 Å². The average Bonchev–Trinajstić information content (AvgIpc) is 2.28. The summed E-state index contributed by atoms with van der Waals surface area (Å²) < 4.78 is 0. The van der Waals surface area contributed by atoms with Gasteiger partial charge in [0.1, 0.15) is 0 Å². The first-order chi connectivity index (χ1) is 7.36. The van der Waals surface area contributed by atoms with Crippen molar-refractivity contribution >= 4 is 11.6 Å². The summed E-state index contributed by atoms with van der Waals surface area (Å²) in [6, 6.07) is 8.13. The van der Waals surface area contributed by atoms with Crippen molar-refractivity contribution in [3.63, 3.8) is 0 Å². The third-order valence-corrected chi connectivity index (χ3v) is 2.22. The molecule has 0 aliphatic rings. The summed E-state index contributed by atoms with van der Waals surface area (Å²) in [5, 5.41) is 8.69. The zero-order valence-electron chi connectivity index (χ0n) is 8.67. The highest BCUT2D eigenvalue weighted by atomic mass is 35.5. The van der Waals surface area contributed by atoms with E-state index in [1.165, 1.54) is 5.56 Å². The molecule has 2 heteroatoms. The van der Waals surface area contributed by atoms with Crippen molar-refractivity contribution in [3.8, 4) is 11.8 Å². The van der Waals surface area contributed by atoms with Crippen LogP contribution in [0.5, 0.6) is 0 Å². The van der Waals surface area contributed by atoms with E-state index in [2.05, 4.69) is 24.0 Å². The molecule has 15 heavy (non-hydrogen) atoms. The largest absolute Gasteiger partial charge is 0.396 e. The summed E-state index contributed by atoms with van der Waals surface area (Å²) in [5.74, 6) is 6.62. The Balaban J connectivity index is 2.53. The summed E-state index contributed by atoms with van der Waals surface area (Å²) in [5.41, 5.74) is 2.26. The van der Waals surface area contributed by atoms with Gasteiger partial charge in [0.25, 0.3) is 0 Å². The van der Waals surface area contributed by atoms with Gasteiger partial charge in [-0.2, -0.15) is 0 Å². The van der Waals surface area contributed by atoms with Crippen LogP contribution in [0, 0.1) is 11.8 Å². The lowest BCUT2D eigenvalue weighted by molar-refractivity contribution is 0.288. The van der Waals surface area contributed by atoms with Gasteiger partial charge in [-0.1, -0.05) is 24.0 Å². The highest BCUT2D eigenvalue weighted by molar-refractivity contribution is 6.18. The van der Waals surface area contributed by atoms with Crippen LogP contribution >= 0.6 is 11.6 Å². The Morgan fingerprint density at radius 3 is 2.53 bits per heavy atom. The first-order valence-corrected chi connectivity index (χ1v) is 5.65. The van der Waals surface area contributed by atoms with Crippen LogP contribution in [0.25, 0.3) is 0 Å². The van der Waals surface area contributed by atoms with Crippen molar-refractivity contribution in [1.29, 1.82) is 0 Å². The van der Waals surface area contributed by atoms with Gasteiger partial charge in [0.2, 0.25) is 0 Å². The minimum Gasteiger partial charge on any atom is -0.396 e. The minimum absolute atomic E-state index is 0.247. The van der Waals surface area contributed by atoms with Crippen molar-refractivity contribution < 1.29 is 5.11 Å². The Bertz CT molecular complexity index is 332. The van der Waals surface area contributed by atoms with E-state index in [4.69, 9.17) is 16.7 Å². The number of alkyl halides is 1. The molecule has 0 bridgehead atoms. The van der Waals surface area contributed by atoms with E-state index >= 15 is 0 Å². The van der Waals surface area contributed by atoms with Crippen LogP contribution in [0.4, 0.5) is 0 Å². The molecule has 1 nitrogen and oxygen atoms in total. The summed E-state index contributed by atoms with van der Waals surface area (Å²) >= 11 is 5.52. The molecule has 1 rings (SSSR count). The number of rotatable bonds is 4. The SMILES string of the molecule is OCCCc1ccc(C#CCCCl)cc1. The number of aliphatic hydroxyl groups is 1. The standard InChI is InChI=1S/C13H15ClO/c14-10-2-1-4-12-6-8-13(9-7-12)5-3-11-15/h6-9,15H,2-3,5,10-11H2.